The fourth-order valence-corrected chi connectivity index (χ4v) is 4.38. The first-order chi connectivity index (χ1) is 14.7. The van der Waals surface area contributed by atoms with E-state index >= 15 is 0 Å². The van der Waals surface area contributed by atoms with Crippen LogP contribution in [0.4, 0.5) is 11.4 Å². The lowest BCUT2D eigenvalue weighted by molar-refractivity contribution is -0.118. The molecule has 3 N–H and O–H groups in total. The Kier molecular flexibility index (Phi) is 5.13. The van der Waals surface area contributed by atoms with Gasteiger partial charge in [-0.05, 0) is 48.2 Å². The number of ether oxygens (including phenoxy) is 2. The molecule has 1 aliphatic carbocycles. The van der Waals surface area contributed by atoms with Crippen molar-refractivity contribution < 1.29 is 24.2 Å². The summed E-state index contributed by atoms with van der Waals surface area (Å²) in [5.41, 5.74) is 3.51. The summed E-state index contributed by atoms with van der Waals surface area (Å²) in [6, 6.07) is 9.88. The number of aromatic carboxylic acids is 1. The van der Waals surface area contributed by atoms with Crippen molar-refractivity contribution in [3.8, 4) is 11.5 Å². The van der Waals surface area contributed by atoms with Gasteiger partial charge < -0.3 is 25.2 Å². The Morgan fingerprint density at radius 1 is 1.06 bits per heavy atom. The molecule has 1 aliphatic heterocycles. The number of carboxylic acid groups (broad SMARTS) is 1. The number of methoxy groups -OCH3 is 2. The van der Waals surface area contributed by atoms with Crippen LogP contribution in [0.1, 0.15) is 48.7 Å². The Hall–Kier alpha value is -3.48. The molecule has 1 atom stereocenters. The quantitative estimate of drug-likeness (QED) is 0.661. The smallest absolute Gasteiger partial charge is 0.335 e. The van der Waals surface area contributed by atoms with Crippen LogP contribution >= 0.6 is 0 Å². The number of hydrogen-bond acceptors (Lipinski definition) is 6. The van der Waals surface area contributed by atoms with Crippen LogP contribution in [-0.2, 0) is 4.79 Å². The molecular formula is C24H26N2O5. The highest BCUT2D eigenvalue weighted by atomic mass is 16.5. The standard InChI is InChI=1S/C24H26N2O5/c1-24(2)11-18-21(19(27)12-24)22(15-10-14(30-3)6-8-20(15)31-4)26-16-7-5-13(23(28)29)9-17(16)25-18/h5-10,22,25-26H,11-12H2,1-4H3,(H,28,29)/t22-/m0/s1. The summed E-state index contributed by atoms with van der Waals surface area (Å²) in [5.74, 6) is 0.330. The lowest BCUT2D eigenvalue weighted by Gasteiger charge is -2.34. The van der Waals surface area contributed by atoms with Crippen LogP contribution in [0, 0.1) is 5.41 Å². The van der Waals surface area contributed by atoms with E-state index in [2.05, 4.69) is 24.5 Å². The van der Waals surface area contributed by atoms with Crippen molar-refractivity contribution in [2.75, 3.05) is 24.9 Å². The normalized spacial score (nSPS) is 19.4. The molecule has 1 heterocycles. The van der Waals surface area contributed by atoms with E-state index in [1.54, 1.807) is 32.4 Å². The van der Waals surface area contributed by atoms with Crippen LogP contribution in [0.25, 0.3) is 0 Å². The van der Waals surface area contributed by atoms with Crippen molar-refractivity contribution in [1.82, 2.24) is 0 Å². The van der Waals surface area contributed by atoms with Gasteiger partial charge in [0.2, 0.25) is 0 Å². The Bertz CT molecular complexity index is 1100. The molecule has 0 aromatic heterocycles. The van der Waals surface area contributed by atoms with Crippen molar-refractivity contribution >= 4 is 23.1 Å². The summed E-state index contributed by atoms with van der Waals surface area (Å²) in [4.78, 5) is 24.9. The number of allylic oxidation sites excluding steroid dienone is 1. The Balaban J connectivity index is 1.93. The van der Waals surface area contributed by atoms with Gasteiger partial charge in [0.1, 0.15) is 11.5 Å². The third kappa shape index (κ3) is 3.83. The molecular weight excluding hydrogens is 396 g/mol. The van der Waals surface area contributed by atoms with E-state index in [0.717, 1.165) is 11.3 Å². The van der Waals surface area contributed by atoms with E-state index in [1.807, 2.05) is 18.2 Å². The topological polar surface area (TPSA) is 96.9 Å². The van der Waals surface area contributed by atoms with Crippen LogP contribution in [0.2, 0.25) is 0 Å². The molecule has 7 nitrogen and oxygen atoms in total. The first-order valence-electron chi connectivity index (χ1n) is 10.1. The van der Waals surface area contributed by atoms with E-state index in [1.165, 1.54) is 0 Å². The Labute approximate surface area is 181 Å². The van der Waals surface area contributed by atoms with Crippen molar-refractivity contribution in [2.45, 2.75) is 32.7 Å². The van der Waals surface area contributed by atoms with Gasteiger partial charge in [0.05, 0.1) is 37.2 Å². The number of carbonyl (C=O) groups excluding carboxylic acids is 1. The summed E-state index contributed by atoms with van der Waals surface area (Å²) < 4.78 is 11.0. The number of rotatable bonds is 4. The number of carboxylic acids is 1. The second-order valence-electron chi connectivity index (χ2n) is 8.71. The molecule has 0 bridgehead atoms. The number of anilines is 2. The fraction of sp³-hybridized carbons (Fsp3) is 0.333. The highest BCUT2D eigenvalue weighted by Crippen LogP contribution is 2.47. The van der Waals surface area contributed by atoms with Gasteiger partial charge in [-0.1, -0.05) is 13.8 Å². The maximum absolute atomic E-state index is 13.4. The number of carbonyl (C=O) groups is 2. The molecule has 7 heteroatoms. The number of fused-ring (bicyclic) bond motifs is 1. The molecule has 0 amide bonds. The molecule has 0 radical (unpaired) electrons. The van der Waals surface area contributed by atoms with Gasteiger partial charge in [-0.15, -0.1) is 0 Å². The number of hydrogen-bond donors (Lipinski definition) is 3. The van der Waals surface area contributed by atoms with Gasteiger partial charge in [-0.2, -0.15) is 0 Å². The van der Waals surface area contributed by atoms with Crippen molar-refractivity contribution in [3.63, 3.8) is 0 Å². The zero-order valence-corrected chi connectivity index (χ0v) is 18.0. The third-order valence-corrected chi connectivity index (χ3v) is 5.81. The van der Waals surface area contributed by atoms with Crippen LogP contribution < -0.4 is 20.1 Å². The highest BCUT2D eigenvalue weighted by molar-refractivity contribution is 6.01. The maximum atomic E-state index is 13.4. The second-order valence-corrected chi connectivity index (χ2v) is 8.71. The summed E-state index contributed by atoms with van der Waals surface area (Å²) >= 11 is 0. The molecule has 162 valence electrons. The SMILES string of the molecule is COc1ccc(OC)c([C@@H]2Nc3ccc(C(=O)O)cc3NC3=C2C(=O)CC(C)(C)C3)c1. The average Bonchev–Trinajstić information content (AvgIpc) is 2.87. The van der Waals surface area contributed by atoms with Gasteiger partial charge in [0.15, 0.2) is 5.78 Å². The minimum Gasteiger partial charge on any atom is -0.497 e. The van der Waals surface area contributed by atoms with Crippen molar-refractivity contribution in [3.05, 3.63) is 58.8 Å². The molecule has 2 aromatic rings. The number of nitrogens with one attached hydrogen (secondary N) is 2. The van der Waals surface area contributed by atoms with E-state index in [9.17, 15) is 14.7 Å². The summed E-state index contributed by atoms with van der Waals surface area (Å²) in [6.45, 7) is 4.12. The fourth-order valence-electron chi connectivity index (χ4n) is 4.38. The predicted molar refractivity (Wildman–Crippen MR) is 118 cm³/mol. The first kappa shape index (κ1) is 20.8. The van der Waals surface area contributed by atoms with Gasteiger partial charge >= 0.3 is 5.97 Å². The van der Waals surface area contributed by atoms with Gasteiger partial charge in [0.25, 0.3) is 0 Å². The zero-order valence-electron chi connectivity index (χ0n) is 18.0. The number of Topliss-reactive ketones (excluding diaryl/α,β-unsaturated/α-hetero) is 1. The average molecular weight is 422 g/mol. The number of ketones is 1. The molecule has 0 saturated carbocycles. The van der Waals surface area contributed by atoms with Crippen LogP contribution in [0.3, 0.4) is 0 Å². The van der Waals surface area contributed by atoms with E-state index in [0.29, 0.717) is 41.3 Å². The molecule has 31 heavy (non-hydrogen) atoms. The third-order valence-electron chi connectivity index (χ3n) is 5.81. The molecule has 0 fully saturated rings. The van der Waals surface area contributed by atoms with E-state index in [-0.39, 0.29) is 16.8 Å². The highest BCUT2D eigenvalue weighted by Gasteiger charge is 2.39. The van der Waals surface area contributed by atoms with Gasteiger partial charge in [0, 0.05) is 23.3 Å². The maximum Gasteiger partial charge on any atom is 0.335 e. The van der Waals surface area contributed by atoms with Crippen LogP contribution in [0.5, 0.6) is 11.5 Å². The summed E-state index contributed by atoms with van der Waals surface area (Å²) in [5, 5.41) is 16.3. The van der Waals surface area contributed by atoms with Crippen LogP contribution in [-0.4, -0.2) is 31.1 Å². The van der Waals surface area contributed by atoms with Crippen molar-refractivity contribution in [1.29, 1.82) is 0 Å². The van der Waals surface area contributed by atoms with Crippen LogP contribution in [0.15, 0.2) is 47.7 Å². The minimum absolute atomic E-state index is 0.0485. The molecule has 2 aliphatic rings. The molecule has 4 rings (SSSR count). The lowest BCUT2D eigenvalue weighted by atomic mass is 9.73. The predicted octanol–water partition coefficient (Wildman–Crippen LogP) is 4.62. The first-order valence-corrected chi connectivity index (χ1v) is 10.1. The Morgan fingerprint density at radius 3 is 2.52 bits per heavy atom. The molecule has 0 saturated heterocycles. The molecule has 0 unspecified atom stereocenters. The van der Waals surface area contributed by atoms with Gasteiger partial charge in [-0.3, -0.25) is 4.79 Å². The Morgan fingerprint density at radius 2 is 1.84 bits per heavy atom. The lowest BCUT2D eigenvalue weighted by Crippen LogP contribution is -2.31. The van der Waals surface area contributed by atoms with Gasteiger partial charge in [-0.25, -0.2) is 4.79 Å². The monoisotopic (exact) mass is 422 g/mol. The minimum atomic E-state index is -1.01. The van der Waals surface area contributed by atoms with E-state index < -0.39 is 12.0 Å². The summed E-state index contributed by atoms with van der Waals surface area (Å²) in [6.07, 6.45) is 1.09. The summed E-state index contributed by atoms with van der Waals surface area (Å²) in [7, 11) is 3.18. The molecule has 2 aromatic carbocycles. The molecule has 0 spiro atoms. The second kappa shape index (κ2) is 7.65. The zero-order chi connectivity index (χ0) is 22.3. The largest absolute Gasteiger partial charge is 0.497 e. The van der Waals surface area contributed by atoms with E-state index in [4.69, 9.17) is 9.47 Å². The van der Waals surface area contributed by atoms with Crippen molar-refractivity contribution in [2.24, 2.45) is 5.41 Å². The number of benzene rings is 2.